The Morgan fingerprint density at radius 2 is 1.62 bits per heavy atom. The molecule has 0 unspecified atom stereocenters. The number of benzene rings is 3. The maximum absolute atomic E-state index is 16.3. The van der Waals surface area contributed by atoms with E-state index in [1.165, 1.54) is 33.1 Å². The number of nitrogens with zero attached hydrogens (tertiary/aromatic N) is 3. The number of nitrogens with two attached hydrogens (primary N) is 1. The van der Waals surface area contributed by atoms with Gasteiger partial charge in [0.25, 0.3) is 5.92 Å². The van der Waals surface area contributed by atoms with E-state index >= 15 is 8.78 Å². The molecule has 5 aromatic rings. The van der Waals surface area contributed by atoms with Crippen molar-refractivity contribution in [3.05, 3.63) is 83.6 Å². The number of nitrogens with one attached hydrogen (secondary N) is 3. The number of ether oxygens (including phenoxy) is 2. The molecular formula is C40H43F2N7O4. The fourth-order valence-electron chi connectivity index (χ4n) is 8.32. The van der Waals surface area contributed by atoms with Gasteiger partial charge in [0.2, 0.25) is 5.91 Å². The molecule has 8 rings (SSSR count). The second kappa shape index (κ2) is 13.7. The van der Waals surface area contributed by atoms with Crippen molar-refractivity contribution in [2.45, 2.75) is 75.6 Å². The summed E-state index contributed by atoms with van der Waals surface area (Å²) in [6, 6.07) is 14.6. The smallest absolute Gasteiger partial charge is 0.407 e. The van der Waals surface area contributed by atoms with Crippen LogP contribution in [0.15, 0.2) is 60.8 Å². The highest BCUT2D eigenvalue weighted by Gasteiger charge is 2.45. The third kappa shape index (κ3) is 6.15. The van der Waals surface area contributed by atoms with E-state index in [1.807, 2.05) is 30.3 Å². The van der Waals surface area contributed by atoms with Crippen LogP contribution in [0.3, 0.4) is 0 Å². The van der Waals surface area contributed by atoms with Crippen molar-refractivity contribution in [3.8, 4) is 33.5 Å². The zero-order chi connectivity index (χ0) is 37.0. The number of fused-ring (bicyclic) bond motifs is 4. The Morgan fingerprint density at radius 1 is 0.943 bits per heavy atom. The molecule has 2 amide bonds. The van der Waals surface area contributed by atoms with Gasteiger partial charge >= 0.3 is 6.09 Å². The molecule has 1 aliphatic heterocycles. The molecule has 2 aromatic heterocycles. The lowest BCUT2D eigenvalue weighted by Crippen LogP contribution is -2.54. The van der Waals surface area contributed by atoms with Gasteiger partial charge in [0.1, 0.15) is 17.7 Å². The first kappa shape index (κ1) is 34.9. The molecule has 3 heterocycles. The Morgan fingerprint density at radius 3 is 2.34 bits per heavy atom. The molecule has 3 aromatic carbocycles. The van der Waals surface area contributed by atoms with E-state index < -0.39 is 30.2 Å². The summed E-state index contributed by atoms with van der Waals surface area (Å²) in [4.78, 5) is 43.3. The standard InChI is InChI=1S/C40H43F2N7O4/c1-21(52-2)35(48-39(51)53-3)38(50)49-16-6-9-33(49)36-44-20-32(47-36)25-11-14-27-26-13-10-23(17-28(26)40(41,42)29(27)18-25)24-12-15-30-31(19-24)46-37(45-30)34(43)22-7-4-5-8-22/h10-15,17-22,33-35H,4-9,16,43H2,1-3H3,(H,44,47)(H,45,46)(H,48,51)/t21-,33+,34+,35+/m1/s1. The van der Waals surface area contributed by atoms with Crippen LogP contribution >= 0.6 is 0 Å². The van der Waals surface area contributed by atoms with Crippen molar-refractivity contribution >= 4 is 23.0 Å². The summed E-state index contributed by atoms with van der Waals surface area (Å²) in [6.45, 7) is 2.16. The number of likely N-dealkylation sites (tertiary alicyclic amines) is 1. The number of rotatable bonds is 9. The van der Waals surface area contributed by atoms with Crippen LogP contribution in [0.5, 0.6) is 0 Å². The molecule has 276 valence electrons. The number of carbonyl (C=O) groups excluding carboxylic acids is 2. The minimum absolute atomic E-state index is 0.0402. The highest BCUT2D eigenvalue weighted by atomic mass is 19.3. The van der Waals surface area contributed by atoms with Crippen LogP contribution in [-0.4, -0.2) is 69.7 Å². The number of methoxy groups -OCH3 is 2. The van der Waals surface area contributed by atoms with Gasteiger partial charge in [-0.05, 0) is 85.0 Å². The van der Waals surface area contributed by atoms with E-state index in [0.29, 0.717) is 52.7 Å². The number of alkyl halides is 2. The average molecular weight is 724 g/mol. The maximum atomic E-state index is 16.3. The number of amides is 2. The summed E-state index contributed by atoms with van der Waals surface area (Å²) in [6.07, 6.45) is 6.24. The minimum atomic E-state index is -3.23. The van der Waals surface area contributed by atoms with E-state index in [0.717, 1.165) is 41.7 Å². The second-order valence-electron chi connectivity index (χ2n) is 14.4. The van der Waals surface area contributed by atoms with Crippen LogP contribution in [-0.2, 0) is 20.2 Å². The molecule has 53 heavy (non-hydrogen) atoms. The highest BCUT2D eigenvalue weighted by molar-refractivity contribution is 5.88. The lowest BCUT2D eigenvalue weighted by atomic mass is 9.98. The number of aromatic amines is 2. The molecule has 5 N–H and O–H groups in total. The van der Waals surface area contributed by atoms with Crippen LogP contribution in [0.2, 0.25) is 0 Å². The number of carbonyl (C=O) groups is 2. The number of aromatic nitrogens is 4. The average Bonchev–Trinajstić information content (AvgIpc) is 4.03. The van der Waals surface area contributed by atoms with Crippen molar-refractivity contribution in [2.75, 3.05) is 20.8 Å². The van der Waals surface area contributed by atoms with Crippen LogP contribution < -0.4 is 11.1 Å². The first-order valence-corrected chi connectivity index (χ1v) is 18.2. The minimum Gasteiger partial charge on any atom is -0.453 e. The van der Waals surface area contributed by atoms with E-state index in [-0.39, 0.29) is 23.1 Å². The van der Waals surface area contributed by atoms with Crippen LogP contribution in [0, 0.1) is 5.92 Å². The van der Waals surface area contributed by atoms with Crippen molar-refractivity contribution in [3.63, 3.8) is 0 Å². The highest BCUT2D eigenvalue weighted by Crippen LogP contribution is 2.53. The fraction of sp³-hybridized carbons (Fsp3) is 0.400. The number of H-pyrrole nitrogens is 2. The zero-order valence-corrected chi connectivity index (χ0v) is 29.9. The summed E-state index contributed by atoms with van der Waals surface area (Å²) >= 11 is 0. The van der Waals surface area contributed by atoms with Gasteiger partial charge in [-0.2, -0.15) is 8.78 Å². The molecule has 2 aliphatic carbocycles. The Balaban J connectivity index is 1.03. The predicted octanol–water partition coefficient (Wildman–Crippen LogP) is 7.35. The molecule has 13 heteroatoms. The molecule has 11 nitrogen and oxygen atoms in total. The molecule has 0 spiro atoms. The van der Waals surface area contributed by atoms with Crippen LogP contribution in [0.1, 0.15) is 80.3 Å². The molecule has 3 aliphatic rings. The van der Waals surface area contributed by atoms with Gasteiger partial charge < -0.3 is 35.4 Å². The summed E-state index contributed by atoms with van der Waals surface area (Å²) in [5, 5.41) is 2.58. The normalized spacial score (nSPS) is 19.6. The van der Waals surface area contributed by atoms with Gasteiger partial charge in [0, 0.05) is 30.3 Å². The van der Waals surface area contributed by atoms with E-state index in [4.69, 9.17) is 20.2 Å². The number of imidazole rings is 2. The van der Waals surface area contributed by atoms with Gasteiger partial charge in [-0.3, -0.25) is 4.79 Å². The van der Waals surface area contributed by atoms with Gasteiger partial charge in [0.05, 0.1) is 48.2 Å². The Labute approximate surface area is 305 Å². The first-order valence-electron chi connectivity index (χ1n) is 18.2. The lowest BCUT2D eigenvalue weighted by Gasteiger charge is -2.30. The van der Waals surface area contributed by atoms with E-state index in [9.17, 15) is 9.59 Å². The topological polar surface area (TPSA) is 151 Å². The number of hydrogen-bond donors (Lipinski definition) is 4. The van der Waals surface area contributed by atoms with Crippen molar-refractivity contribution in [1.29, 1.82) is 0 Å². The molecule has 0 radical (unpaired) electrons. The van der Waals surface area contributed by atoms with Gasteiger partial charge in [-0.25, -0.2) is 14.8 Å². The van der Waals surface area contributed by atoms with Crippen LogP contribution in [0.25, 0.3) is 44.5 Å². The monoisotopic (exact) mass is 723 g/mol. The quantitative estimate of drug-likeness (QED) is 0.124. The van der Waals surface area contributed by atoms with Crippen LogP contribution in [0.4, 0.5) is 13.6 Å². The predicted molar refractivity (Wildman–Crippen MR) is 196 cm³/mol. The second-order valence-corrected chi connectivity index (χ2v) is 14.4. The Hall–Kier alpha value is -5.14. The first-order chi connectivity index (χ1) is 25.6. The number of halogens is 2. The summed E-state index contributed by atoms with van der Waals surface area (Å²) in [5.41, 5.74) is 11.7. The molecule has 4 atom stereocenters. The van der Waals surface area contributed by atoms with E-state index in [2.05, 4.69) is 20.3 Å². The Kier molecular flexibility index (Phi) is 9.02. The lowest BCUT2D eigenvalue weighted by molar-refractivity contribution is -0.137. The Bertz CT molecular complexity index is 2190. The third-order valence-corrected chi connectivity index (χ3v) is 11.4. The fourth-order valence-corrected chi connectivity index (χ4v) is 8.32. The summed E-state index contributed by atoms with van der Waals surface area (Å²) < 4.78 is 42.8. The third-order valence-electron chi connectivity index (χ3n) is 11.4. The number of alkyl carbamates (subject to hydrolysis) is 1. The van der Waals surface area contributed by atoms with E-state index in [1.54, 1.807) is 36.2 Å². The molecule has 0 bridgehead atoms. The number of hydrogen-bond acceptors (Lipinski definition) is 7. The van der Waals surface area contributed by atoms with Crippen molar-refractivity contribution in [1.82, 2.24) is 30.2 Å². The van der Waals surface area contributed by atoms with Gasteiger partial charge in [-0.15, -0.1) is 0 Å². The SMILES string of the molecule is COC(=O)N[C@H](C(=O)N1CCC[C@H]1c1ncc(-c2ccc3c(c2)C(F)(F)c2cc(-c4ccc5nc([C@@H](N)C6CCCC6)[nH]c5c4)ccc2-3)[nH]1)[C@@H](C)OC. The largest absolute Gasteiger partial charge is 0.453 e. The molecule has 1 saturated carbocycles. The molecule has 2 fully saturated rings. The summed E-state index contributed by atoms with van der Waals surface area (Å²) in [5.74, 6) is -1.83. The van der Waals surface area contributed by atoms with Crippen molar-refractivity contribution in [2.24, 2.45) is 11.7 Å². The van der Waals surface area contributed by atoms with Gasteiger partial charge in [0.15, 0.2) is 0 Å². The van der Waals surface area contributed by atoms with Gasteiger partial charge in [-0.1, -0.05) is 43.2 Å². The molecule has 1 saturated heterocycles. The molecular weight excluding hydrogens is 680 g/mol. The maximum Gasteiger partial charge on any atom is 0.407 e. The summed E-state index contributed by atoms with van der Waals surface area (Å²) in [7, 11) is 2.69. The zero-order valence-electron chi connectivity index (χ0n) is 29.9. The van der Waals surface area contributed by atoms with Crippen molar-refractivity contribution < 1.29 is 27.8 Å².